The molecule has 0 atom stereocenters. The Bertz CT molecular complexity index is 361. The van der Waals surface area contributed by atoms with Crippen molar-refractivity contribution in [1.29, 1.82) is 5.26 Å². The Morgan fingerprint density at radius 1 is 1.38 bits per heavy atom. The Kier molecular flexibility index (Phi) is 2.57. The third kappa shape index (κ3) is 1.81. The van der Waals surface area contributed by atoms with E-state index in [2.05, 4.69) is 13.8 Å². The number of phenols is 1. The molecule has 0 saturated heterocycles. The molecule has 0 radical (unpaired) electrons. The molecule has 13 heavy (non-hydrogen) atoms. The molecule has 0 aliphatic rings. The van der Waals surface area contributed by atoms with E-state index in [0.717, 1.165) is 11.1 Å². The van der Waals surface area contributed by atoms with Crippen LogP contribution in [0.25, 0.3) is 0 Å². The summed E-state index contributed by atoms with van der Waals surface area (Å²) in [6.07, 6.45) is 0. The molecular formula is C11H13NO. The van der Waals surface area contributed by atoms with Crippen molar-refractivity contribution in [2.75, 3.05) is 0 Å². The van der Waals surface area contributed by atoms with E-state index in [0.29, 0.717) is 11.5 Å². The summed E-state index contributed by atoms with van der Waals surface area (Å²) in [7, 11) is 0. The zero-order valence-corrected chi connectivity index (χ0v) is 8.13. The zero-order chi connectivity index (χ0) is 10.0. The molecule has 1 N–H and O–H groups in total. The van der Waals surface area contributed by atoms with E-state index in [9.17, 15) is 5.11 Å². The largest absolute Gasteiger partial charge is 0.507 e. The highest BCUT2D eigenvalue weighted by molar-refractivity contribution is 5.48. The summed E-state index contributed by atoms with van der Waals surface area (Å²) in [6, 6.07) is 5.37. The summed E-state index contributed by atoms with van der Waals surface area (Å²) in [5.41, 5.74) is 2.51. The normalized spacial score (nSPS) is 10.1. The first-order valence-electron chi connectivity index (χ1n) is 4.30. The minimum Gasteiger partial charge on any atom is -0.507 e. The molecule has 0 saturated carbocycles. The first-order valence-corrected chi connectivity index (χ1v) is 4.30. The van der Waals surface area contributed by atoms with Gasteiger partial charge in [0.25, 0.3) is 0 Å². The van der Waals surface area contributed by atoms with Gasteiger partial charge < -0.3 is 5.11 Å². The molecule has 1 aromatic carbocycles. The van der Waals surface area contributed by atoms with Gasteiger partial charge in [-0.1, -0.05) is 13.8 Å². The lowest BCUT2D eigenvalue weighted by molar-refractivity contribution is 0.472. The van der Waals surface area contributed by atoms with Gasteiger partial charge in [0.2, 0.25) is 0 Å². The van der Waals surface area contributed by atoms with Gasteiger partial charge in [0.05, 0.1) is 5.56 Å². The summed E-state index contributed by atoms with van der Waals surface area (Å²) in [5.74, 6) is 0.456. The fourth-order valence-electron chi connectivity index (χ4n) is 1.42. The van der Waals surface area contributed by atoms with Crippen LogP contribution in [0.3, 0.4) is 0 Å². The fraction of sp³-hybridized carbons (Fsp3) is 0.364. The van der Waals surface area contributed by atoms with Crippen molar-refractivity contribution in [2.45, 2.75) is 26.7 Å². The van der Waals surface area contributed by atoms with Crippen LogP contribution in [-0.4, -0.2) is 5.11 Å². The van der Waals surface area contributed by atoms with Crippen LogP contribution in [0.4, 0.5) is 0 Å². The second kappa shape index (κ2) is 3.49. The van der Waals surface area contributed by atoms with E-state index < -0.39 is 0 Å². The van der Waals surface area contributed by atoms with Gasteiger partial charge in [-0.2, -0.15) is 5.26 Å². The van der Waals surface area contributed by atoms with Gasteiger partial charge >= 0.3 is 0 Å². The molecule has 0 amide bonds. The van der Waals surface area contributed by atoms with Crippen LogP contribution < -0.4 is 0 Å². The quantitative estimate of drug-likeness (QED) is 0.713. The highest BCUT2D eigenvalue weighted by atomic mass is 16.3. The molecular weight excluding hydrogens is 162 g/mol. The smallest absolute Gasteiger partial charge is 0.133 e. The number of hydrogen-bond acceptors (Lipinski definition) is 2. The van der Waals surface area contributed by atoms with E-state index in [1.54, 1.807) is 12.1 Å². The molecule has 0 aliphatic heterocycles. The summed E-state index contributed by atoms with van der Waals surface area (Å²) >= 11 is 0. The number of aryl methyl sites for hydroxylation is 1. The minimum atomic E-state index is 0.0735. The molecule has 68 valence electrons. The summed E-state index contributed by atoms with van der Waals surface area (Å²) < 4.78 is 0. The summed E-state index contributed by atoms with van der Waals surface area (Å²) in [5, 5.41) is 18.1. The average molecular weight is 175 g/mol. The Labute approximate surface area is 78.4 Å². The van der Waals surface area contributed by atoms with Gasteiger partial charge in [-0.25, -0.2) is 0 Å². The number of rotatable bonds is 1. The number of benzene rings is 1. The van der Waals surface area contributed by atoms with Crippen molar-refractivity contribution in [3.63, 3.8) is 0 Å². The molecule has 0 spiro atoms. The number of aromatic hydroxyl groups is 1. The minimum absolute atomic E-state index is 0.0735. The van der Waals surface area contributed by atoms with Gasteiger partial charge in [0.1, 0.15) is 11.8 Å². The maximum absolute atomic E-state index is 9.38. The van der Waals surface area contributed by atoms with Crippen LogP contribution in [0.2, 0.25) is 0 Å². The molecule has 2 nitrogen and oxygen atoms in total. The topological polar surface area (TPSA) is 44.0 Å². The maximum atomic E-state index is 9.38. The molecule has 1 rings (SSSR count). The maximum Gasteiger partial charge on any atom is 0.133 e. The van der Waals surface area contributed by atoms with E-state index in [4.69, 9.17) is 5.26 Å². The Balaban J connectivity index is 3.33. The number of nitrogens with zero attached hydrogens (tertiary/aromatic N) is 1. The van der Waals surface area contributed by atoms with Gasteiger partial charge in [-0.05, 0) is 36.1 Å². The van der Waals surface area contributed by atoms with Crippen LogP contribution in [0.1, 0.15) is 36.5 Å². The van der Waals surface area contributed by atoms with Crippen molar-refractivity contribution in [3.8, 4) is 11.8 Å². The molecule has 0 aromatic heterocycles. The predicted molar refractivity (Wildman–Crippen MR) is 51.6 cm³/mol. The molecule has 0 fully saturated rings. The van der Waals surface area contributed by atoms with Crippen LogP contribution in [0, 0.1) is 18.3 Å². The van der Waals surface area contributed by atoms with Crippen molar-refractivity contribution >= 4 is 0 Å². The second-order valence-electron chi connectivity index (χ2n) is 3.49. The molecule has 1 aromatic rings. The van der Waals surface area contributed by atoms with E-state index in [-0.39, 0.29) is 5.75 Å². The molecule has 0 bridgehead atoms. The van der Waals surface area contributed by atoms with Gasteiger partial charge in [-0.3, -0.25) is 0 Å². The van der Waals surface area contributed by atoms with Crippen LogP contribution >= 0.6 is 0 Å². The standard InChI is InChI=1S/C11H13NO/c1-7(2)10-5-9(6-12)11(13)4-8(10)3/h4-5,7,13H,1-3H3. The van der Waals surface area contributed by atoms with Crippen molar-refractivity contribution in [1.82, 2.24) is 0 Å². The van der Waals surface area contributed by atoms with Gasteiger partial charge in [0, 0.05) is 0 Å². The van der Waals surface area contributed by atoms with E-state index in [1.165, 1.54) is 0 Å². The first-order chi connectivity index (χ1) is 6.06. The summed E-state index contributed by atoms with van der Waals surface area (Å²) in [6.45, 7) is 6.08. The Morgan fingerprint density at radius 2 is 2.00 bits per heavy atom. The zero-order valence-electron chi connectivity index (χ0n) is 8.13. The van der Waals surface area contributed by atoms with Gasteiger partial charge in [0.15, 0.2) is 0 Å². The highest BCUT2D eigenvalue weighted by Crippen LogP contribution is 2.26. The Hall–Kier alpha value is -1.49. The van der Waals surface area contributed by atoms with Crippen molar-refractivity contribution in [3.05, 3.63) is 28.8 Å². The molecule has 0 aliphatic carbocycles. The van der Waals surface area contributed by atoms with Crippen LogP contribution in [0.5, 0.6) is 5.75 Å². The second-order valence-corrected chi connectivity index (χ2v) is 3.49. The molecule has 2 heteroatoms. The first kappa shape index (κ1) is 9.60. The van der Waals surface area contributed by atoms with E-state index >= 15 is 0 Å². The molecule has 0 heterocycles. The fourth-order valence-corrected chi connectivity index (χ4v) is 1.42. The van der Waals surface area contributed by atoms with E-state index in [1.807, 2.05) is 13.0 Å². The number of phenolic OH excluding ortho intramolecular Hbond substituents is 1. The Morgan fingerprint density at radius 3 is 2.46 bits per heavy atom. The predicted octanol–water partition coefficient (Wildman–Crippen LogP) is 2.70. The SMILES string of the molecule is Cc1cc(O)c(C#N)cc1C(C)C. The van der Waals surface area contributed by atoms with Crippen LogP contribution in [0.15, 0.2) is 12.1 Å². The highest BCUT2D eigenvalue weighted by Gasteiger charge is 2.08. The van der Waals surface area contributed by atoms with Gasteiger partial charge in [-0.15, -0.1) is 0 Å². The average Bonchev–Trinajstić information content (AvgIpc) is 2.03. The monoisotopic (exact) mass is 175 g/mol. The molecule has 0 unspecified atom stereocenters. The third-order valence-electron chi connectivity index (χ3n) is 2.13. The van der Waals surface area contributed by atoms with Crippen LogP contribution in [-0.2, 0) is 0 Å². The number of hydrogen-bond donors (Lipinski definition) is 1. The van der Waals surface area contributed by atoms with Crippen molar-refractivity contribution in [2.24, 2.45) is 0 Å². The lowest BCUT2D eigenvalue weighted by Gasteiger charge is -2.10. The number of nitriles is 1. The third-order valence-corrected chi connectivity index (χ3v) is 2.13. The lowest BCUT2D eigenvalue weighted by atomic mass is 9.95. The van der Waals surface area contributed by atoms with Crippen molar-refractivity contribution < 1.29 is 5.11 Å². The summed E-state index contributed by atoms with van der Waals surface area (Å²) in [4.78, 5) is 0. The lowest BCUT2D eigenvalue weighted by Crippen LogP contribution is -1.93.